The molecule has 4 nitrogen and oxygen atoms in total. The first-order valence-corrected chi connectivity index (χ1v) is 14.4. The van der Waals surface area contributed by atoms with Gasteiger partial charge in [0.15, 0.2) is 0 Å². The van der Waals surface area contributed by atoms with Gasteiger partial charge in [-0.05, 0) is 118 Å². The summed E-state index contributed by atoms with van der Waals surface area (Å²) >= 11 is 0. The molecule has 5 aliphatic rings. The van der Waals surface area contributed by atoms with E-state index < -0.39 is 5.60 Å². The molecule has 4 fully saturated rings. The van der Waals surface area contributed by atoms with Crippen molar-refractivity contribution in [3.63, 3.8) is 0 Å². The number of hydrogen-bond donors (Lipinski definition) is 2. The monoisotopic (exact) mass is 471 g/mol. The number of β-amino-alcohol motifs (C(OH)–C–C–N with tert-alkyl or cyclic N) is 1. The lowest BCUT2D eigenvalue weighted by Crippen LogP contribution is -2.51. The summed E-state index contributed by atoms with van der Waals surface area (Å²) in [6, 6.07) is 0. The van der Waals surface area contributed by atoms with Gasteiger partial charge in [0.1, 0.15) is 0 Å². The van der Waals surface area contributed by atoms with Crippen LogP contribution in [0.15, 0.2) is 11.6 Å². The normalized spacial score (nSPS) is 47.3. The van der Waals surface area contributed by atoms with Crippen LogP contribution in [0.5, 0.6) is 0 Å². The minimum atomic E-state index is -0.717. The molecule has 0 radical (unpaired) electrons. The minimum absolute atomic E-state index is 0.125. The summed E-state index contributed by atoms with van der Waals surface area (Å²) in [7, 11) is 0. The van der Waals surface area contributed by atoms with Gasteiger partial charge in [0.25, 0.3) is 0 Å². The lowest BCUT2D eigenvalue weighted by Gasteiger charge is -2.58. The molecule has 4 aliphatic carbocycles. The highest BCUT2D eigenvalue weighted by molar-refractivity contribution is 5.76. The molecule has 0 bridgehead atoms. The van der Waals surface area contributed by atoms with E-state index in [1.807, 2.05) is 11.8 Å². The first-order valence-electron chi connectivity index (χ1n) is 14.4. The Morgan fingerprint density at radius 1 is 1.12 bits per heavy atom. The Bertz CT molecular complexity index is 820. The van der Waals surface area contributed by atoms with Gasteiger partial charge < -0.3 is 15.1 Å². The van der Waals surface area contributed by atoms with Gasteiger partial charge in [-0.1, -0.05) is 32.4 Å². The first-order chi connectivity index (χ1) is 16.0. The fourth-order valence-electron chi connectivity index (χ4n) is 9.76. The Labute approximate surface area is 207 Å². The van der Waals surface area contributed by atoms with Crippen molar-refractivity contribution in [1.29, 1.82) is 0 Å². The van der Waals surface area contributed by atoms with Gasteiger partial charge in [-0.2, -0.15) is 0 Å². The molecule has 192 valence electrons. The molecular formula is C30H49NO3. The maximum Gasteiger partial charge on any atom is 0.222 e. The standard InChI is InChI=1S/C30H49NO3/c1-20(6-11-27(33)31-17-5-14-28(2,34)19-31)24-9-10-25-23-8-7-21-18-22(32)12-15-29(21,3)26(23)13-16-30(24,25)4/h7,20,22-26,32,34H,5-6,8-19H2,1-4H3/t20-,22+,23+,24-,25+,26+,28-,29+,30-/m1/s1. The molecule has 0 spiro atoms. The molecule has 5 rings (SSSR count). The average molecular weight is 472 g/mol. The van der Waals surface area contributed by atoms with Crippen molar-refractivity contribution in [2.24, 2.45) is 40.4 Å². The second kappa shape index (κ2) is 8.91. The van der Waals surface area contributed by atoms with E-state index in [-0.39, 0.29) is 12.0 Å². The quantitative estimate of drug-likeness (QED) is 0.516. The van der Waals surface area contributed by atoms with Crippen molar-refractivity contribution in [2.75, 3.05) is 13.1 Å². The van der Waals surface area contributed by atoms with Crippen molar-refractivity contribution in [3.05, 3.63) is 11.6 Å². The van der Waals surface area contributed by atoms with E-state index in [4.69, 9.17) is 0 Å². The van der Waals surface area contributed by atoms with Crippen molar-refractivity contribution in [2.45, 2.75) is 116 Å². The van der Waals surface area contributed by atoms with E-state index in [2.05, 4.69) is 26.8 Å². The zero-order chi connectivity index (χ0) is 24.3. The number of aliphatic hydroxyl groups is 2. The van der Waals surface area contributed by atoms with Gasteiger partial charge in [0, 0.05) is 19.5 Å². The summed E-state index contributed by atoms with van der Waals surface area (Å²) in [5.74, 6) is 3.96. The summed E-state index contributed by atoms with van der Waals surface area (Å²) in [6.45, 7) is 10.7. The second-order valence-corrected chi connectivity index (χ2v) is 13.8. The minimum Gasteiger partial charge on any atom is -0.393 e. The van der Waals surface area contributed by atoms with Crippen LogP contribution >= 0.6 is 0 Å². The van der Waals surface area contributed by atoms with E-state index in [0.29, 0.717) is 29.7 Å². The molecule has 1 amide bonds. The fourth-order valence-corrected chi connectivity index (χ4v) is 9.76. The summed E-state index contributed by atoms with van der Waals surface area (Å²) in [6.07, 6.45) is 15.4. The smallest absolute Gasteiger partial charge is 0.222 e. The fraction of sp³-hybridized carbons (Fsp3) is 0.900. The first kappa shape index (κ1) is 24.8. The number of likely N-dealkylation sites (tertiary alicyclic amines) is 1. The van der Waals surface area contributed by atoms with E-state index >= 15 is 0 Å². The zero-order valence-electron chi connectivity index (χ0n) is 22.2. The van der Waals surface area contributed by atoms with Gasteiger partial charge in [-0.15, -0.1) is 0 Å². The van der Waals surface area contributed by atoms with Gasteiger partial charge in [0.05, 0.1) is 11.7 Å². The molecule has 34 heavy (non-hydrogen) atoms. The van der Waals surface area contributed by atoms with E-state index in [1.54, 1.807) is 5.57 Å². The molecule has 0 aromatic heterocycles. The number of hydrogen-bond acceptors (Lipinski definition) is 3. The predicted molar refractivity (Wildman–Crippen MR) is 136 cm³/mol. The van der Waals surface area contributed by atoms with Gasteiger partial charge in [-0.25, -0.2) is 0 Å². The third-order valence-corrected chi connectivity index (χ3v) is 11.7. The Kier molecular flexibility index (Phi) is 6.50. The summed E-state index contributed by atoms with van der Waals surface area (Å²) in [5.41, 5.74) is 1.57. The van der Waals surface area contributed by atoms with Crippen LogP contribution in [0.1, 0.15) is 105 Å². The molecule has 3 saturated carbocycles. The number of rotatable bonds is 4. The molecular weight excluding hydrogens is 422 g/mol. The largest absolute Gasteiger partial charge is 0.393 e. The van der Waals surface area contributed by atoms with Crippen LogP contribution in [0.4, 0.5) is 0 Å². The third-order valence-electron chi connectivity index (χ3n) is 11.7. The van der Waals surface area contributed by atoms with Gasteiger partial charge in [0.2, 0.25) is 5.91 Å². The Morgan fingerprint density at radius 2 is 1.91 bits per heavy atom. The van der Waals surface area contributed by atoms with Crippen molar-refractivity contribution >= 4 is 5.91 Å². The lowest BCUT2D eigenvalue weighted by atomic mass is 9.47. The van der Waals surface area contributed by atoms with Crippen LogP contribution < -0.4 is 0 Å². The molecule has 1 saturated heterocycles. The SMILES string of the molecule is C[C@H](CCC(=O)N1CCC[C@@](C)(O)C1)[C@H]1CC[C@H]2[C@@H]3CC=C4C[C@@H](O)CC[C@]4(C)[C@H]3CC[C@]12C. The highest BCUT2D eigenvalue weighted by atomic mass is 16.3. The maximum absolute atomic E-state index is 12.9. The maximum atomic E-state index is 12.9. The van der Waals surface area contributed by atoms with Gasteiger partial charge in [-0.3, -0.25) is 4.79 Å². The van der Waals surface area contributed by atoms with E-state index in [9.17, 15) is 15.0 Å². The van der Waals surface area contributed by atoms with Crippen LogP contribution in [0.3, 0.4) is 0 Å². The molecule has 2 N–H and O–H groups in total. The van der Waals surface area contributed by atoms with Crippen molar-refractivity contribution < 1.29 is 15.0 Å². The van der Waals surface area contributed by atoms with Crippen LogP contribution in [-0.2, 0) is 4.79 Å². The number of amides is 1. The molecule has 0 aromatic carbocycles. The summed E-state index contributed by atoms with van der Waals surface area (Å²) < 4.78 is 0. The van der Waals surface area contributed by atoms with Gasteiger partial charge >= 0.3 is 0 Å². The second-order valence-electron chi connectivity index (χ2n) is 13.8. The number of piperidine rings is 1. The molecule has 1 heterocycles. The topological polar surface area (TPSA) is 60.8 Å². The predicted octanol–water partition coefficient (Wildman–Crippen LogP) is 5.72. The third kappa shape index (κ3) is 4.19. The highest BCUT2D eigenvalue weighted by Gasteiger charge is 2.59. The van der Waals surface area contributed by atoms with Crippen LogP contribution in [0, 0.1) is 40.4 Å². The average Bonchev–Trinajstić information content (AvgIpc) is 3.14. The van der Waals surface area contributed by atoms with E-state index in [1.165, 1.54) is 32.1 Å². The van der Waals surface area contributed by atoms with Crippen LogP contribution in [0.2, 0.25) is 0 Å². The highest BCUT2D eigenvalue weighted by Crippen LogP contribution is 2.67. The molecule has 4 heteroatoms. The van der Waals surface area contributed by atoms with Crippen LogP contribution in [0.25, 0.3) is 0 Å². The number of carbonyl (C=O) groups is 1. The van der Waals surface area contributed by atoms with Crippen LogP contribution in [-0.4, -0.2) is 45.8 Å². The Hall–Kier alpha value is -0.870. The number of fused-ring (bicyclic) bond motifs is 5. The molecule has 1 aliphatic heterocycles. The Balaban J connectivity index is 1.23. The summed E-state index contributed by atoms with van der Waals surface area (Å²) in [4.78, 5) is 14.8. The summed E-state index contributed by atoms with van der Waals surface area (Å²) in [5, 5.41) is 20.7. The van der Waals surface area contributed by atoms with Crippen molar-refractivity contribution in [3.8, 4) is 0 Å². The number of nitrogens with zero attached hydrogens (tertiary/aromatic N) is 1. The lowest BCUT2D eigenvalue weighted by molar-refractivity contribution is -0.138. The molecule has 0 aromatic rings. The molecule has 9 atom stereocenters. The van der Waals surface area contributed by atoms with E-state index in [0.717, 1.165) is 68.7 Å². The Morgan fingerprint density at radius 3 is 2.68 bits per heavy atom. The molecule has 0 unspecified atom stereocenters. The van der Waals surface area contributed by atoms with Crippen molar-refractivity contribution in [1.82, 2.24) is 4.90 Å². The zero-order valence-corrected chi connectivity index (χ0v) is 22.2. The number of allylic oxidation sites excluding steroid dienone is 1. The number of aliphatic hydroxyl groups excluding tert-OH is 1. The number of carbonyl (C=O) groups excluding carboxylic acids is 1.